The Morgan fingerprint density at radius 3 is 1.64 bits per heavy atom. The molecule has 7 aromatic carbocycles. The van der Waals surface area contributed by atoms with Crippen molar-refractivity contribution in [1.82, 2.24) is 15.0 Å². The molecule has 4 heteroatoms. The van der Waals surface area contributed by atoms with Crippen LogP contribution >= 0.6 is 0 Å². The van der Waals surface area contributed by atoms with Crippen molar-refractivity contribution < 1.29 is 0 Å². The van der Waals surface area contributed by atoms with E-state index in [-0.39, 0.29) is 5.92 Å². The molecule has 1 unspecified atom stereocenters. The normalized spacial score (nSPS) is 13.6. The van der Waals surface area contributed by atoms with Crippen molar-refractivity contribution in [3.05, 3.63) is 217 Å². The predicted octanol–water partition coefficient (Wildman–Crippen LogP) is 13.0. The third-order valence-corrected chi connectivity index (χ3v) is 10.7. The van der Waals surface area contributed by atoms with Gasteiger partial charge in [-0.1, -0.05) is 182 Å². The topological polar surface area (TPSA) is 51.0 Å². The summed E-state index contributed by atoms with van der Waals surface area (Å²) in [6, 6.07) is 69.9. The molecule has 9 aromatic rings. The minimum absolute atomic E-state index is 0.195. The smallest absolute Gasteiger partial charge is 0.160 e. The van der Waals surface area contributed by atoms with Crippen LogP contribution in [0.2, 0.25) is 0 Å². The van der Waals surface area contributed by atoms with Gasteiger partial charge in [-0.2, -0.15) is 0 Å². The maximum atomic E-state index is 5.33. The fourth-order valence-electron chi connectivity index (χ4n) is 7.79. The number of benzene rings is 7. The maximum Gasteiger partial charge on any atom is 0.160 e. The second-order valence-electron chi connectivity index (χ2n) is 14.2. The molecule has 1 atom stereocenters. The molecule has 0 aliphatic carbocycles. The van der Waals surface area contributed by atoms with Crippen LogP contribution < -0.4 is 0 Å². The molecule has 56 heavy (non-hydrogen) atoms. The summed E-state index contributed by atoms with van der Waals surface area (Å²) in [4.78, 5) is 20.7. The van der Waals surface area contributed by atoms with E-state index < -0.39 is 0 Å². The van der Waals surface area contributed by atoms with E-state index in [4.69, 9.17) is 19.9 Å². The van der Waals surface area contributed by atoms with Crippen LogP contribution in [0, 0.1) is 0 Å². The molecular weight excluding hydrogens is 681 g/mol. The van der Waals surface area contributed by atoms with Crippen LogP contribution in [-0.2, 0) is 0 Å². The Kier molecular flexibility index (Phi) is 8.62. The van der Waals surface area contributed by atoms with Gasteiger partial charge < -0.3 is 0 Å². The van der Waals surface area contributed by atoms with Crippen LogP contribution in [0.4, 0.5) is 5.69 Å². The predicted molar refractivity (Wildman–Crippen MR) is 230 cm³/mol. The largest absolute Gasteiger partial charge is 0.250 e. The quantitative estimate of drug-likeness (QED) is 0.165. The van der Waals surface area contributed by atoms with E-state index >= 15 is 0 Å². The summed E-state index contributed by atoms with van der Waals surface area (Å²) in [5.41, 5.74) is 15.7. The molecule has 10 rings (SSSR count). The third-order valence-electron chi connectivity index (χ3n) is 10.7. The Morgan fingerprint density at radius 1 is 0.375 bits per heavy atom. The Balaban J connectivity index is 1.01. The van der Waals surface area contributed by atoms with Crippen molar-refractivity contribution in [3.63, 3.8) is 0 Å². The van der Waals surface area contributed by atoms with E-state index in [0.717, 1.165) is 84.7 Å². The Morgan fingerprint density at radius 2 is 0.929 bits per heavy atom. The summed E-state index contributed by atoms with van der Waals surface area (Å²) < 4.78 is 0. The van der Waals surface area contributed by atoms with E-state index in [9.17, 15) is 0 Å². The molecule has 264 valence electrons. The van der Waals surface area contributed by atoms with Gasteiger partial charge in [-0.05, 0) is 46.0 Å². The summed E-state index contributed by atoms with van der Waals surface area (Å²) in [5, 5.41) is 1.08. The van der Waals surface area contributed by atoms with Crippen molar-refractivity contribution >= 4 is 22.3 Å². The number of hydrogen-bond acceptors (Lipinski definition) is 4. The summed E-state index contributed by atoms with van der Waals surface area (Å²) >= 11 is 0. The standard InChI is InChI=1S/C52H36N4/c1-5-14-36(15-6-1)45-33-47(37-16-7-2-8-17-37)54-51-44(45)30-28-40-29-31-46(53-50(40)51)39-26-24-35(25-27-39)42-22-13-23-43(32-42)49-34-48(38-18-9-3-10-19-38)55-52(56-49)41-20-11-4-12-21-41/h1-32,34,45H,33H2. The first-order valence-electron chi connectivity index (χ1n) is 19.1. The van der Waals surface area contributed by atoms with Crippen LogP contribution in [0.1, 0.15) is 29.0 Å². The second kappa shape index (κ2) is 14.5. The molecule has 0 saturated carbocycles. The molecule has 0 saturated heterocycles. The monoisotopic (exact) mass is 716 g/mol. The van der Waals surface area contributed by atoms with Gasteiger partial charge in [-0.15, -0.1) is 0 Å². The first-order chi connectivity index (χ1) is 27.7. The molecule has 1 aliphatic rings. The highest BCUT2D eigenvalue weighted by Gasteiger charge is 2.27. The van der Waals surface area contributed by atoms with Gasteiger partial charge in [0.1, 0.15) is 0 Å². The zero-order chi connectivity index (χ0) is 37.3. The lowest BCUT2D eigenvalue weighted by Gasteiger charge is -2.26. The van der Waals surface area contributed by atoms with E-state index in [2.05, 4.69) is 164 Å². The van der Waals surface area contributed by atoms with Gasteiger partial charge in [0, 0.05) is 45.7 Å². The molecule has 0 fully saturated rings. The van der Waals surface area contributed by atoms with Crippen molar-refractivity contribution in [2.24, 2.45) is 4.99 Å². The zero-order valence-electron chi connectivity index (χ0n) is 30.6. The molecule has 0 amide bonds. The van der Waals surface area contributed by atoms with Crippen molar-refractivity contribution in [3.8, 4) is 56.3 Å². The molecule has 4 nitrogen and oxygen atoms in total. The second-order valence-corrected chi connectivity index (χ2v) is 14.2. The van der Waals surface area contributed by atoms with Crippen LogP contribution in [0.3, 0.4) is 0 Å². The van der Waals surface area contributed by atoms with Gasteiger partial charge >= 0.3 is 0 Å². The van der Waals surface area contributed by atoms with E-state index in [1.807, 2.05) is 36.4 Å². The number of pyridine rings is 1. The lowest BCUT2D eigenvalue weighted by Crippen LogP contribution is -2.14. The van der Waals surface area contributed by atoms with Gasteiger partial charge in [0.05, 0.1) is 28.3 Å². The van der Waals surface area contributed by atoms with Crippen molar-refractivity contribution in [2.45, 2.75) is 12.3 Å². The van der Waals surface area contributed by atoms with Crippen molar-refractivity contribution in [1.29, 1.82) is 0 Å². The Labute approximate surface area is 326 Å². The minimum atomic E-state index is 0.195. The number of rotatable bonds is 7. The van der Waals surface area contributed by atoms with Gasteiger partial charge in [-0.3, -0.25) is 4.99 Å². The first-order valence-corrected chi connectivity index (χ1v) is 19.1. The molecular formula is C52H36N4. The lowest BCUT2D eigenvalue weighted by atomic mass is 9.82. The number of aromatic nitrogens is 3. The summed E-state index contributed by atoms with van der Waals surface area (Å²) in [5.74, 6) is 0.902. The minimum Gasteiger partial charge on any atom is -0.250 e. The molecule has 0 spiro atoms. The average Bonchev–Trinajstić information content (AvgIpc) is 3.29. The number of aliphatic imine (C=N–C) groups is 1. The highest BCUT2D eigenvalue weighted by Crippen LogP contribution is 2.44. The van der Waals surface area contributed by atoms with E-state index in [1.165, 1.54) is 11.1 Å². The molecule has 0 N–H and O–H groups in total. The van der Waals surface area contributed by atoms with Crippen LogP contribution in [0.5, 0.6) is 0 Å². The average molecular weight is 717 g/mol. The van der Waals surface area contributed by atoms with Crippen LogP contribution in [-0.4, -0.2) is 20.7 Å². The Hall–Kier alpha value is -7.30. The van der Waals surface area contributed by atoms with E-state index in [1.54, 1.807) is 0 Å². The third kappa shape index (κ3) is 6.48. The summed E-state index contributed by atoms with van der Waals surface area (Å²) in [7, 11) is 0. The fraction of sp³-hybridized carbons (Fsp3) is 0.0385. The van der Waals surface area contributed by atoms with E-state index in [0.29, 0.717) is 5.82 Å². The SMILES string of the molecule is c1ccc(C2=Nc3c(ccc4ccc(-c5ccc(-c6cccc(-c7cc(-c8ccccc8)nc(-c8ccccc8)n7)c6)cc5)nc34)C(c3ccccc3)C2)cc1. The molecule has 2 aromatic heterocycles. The number of fused-ring (bicyclic) bond motifs is 3. The maximum absolute atomic E-state index is 5.33. The number of hydrogen-bond donors (Lipinski definition) is 0. The lowest BCUT2D eigenvalue weighted by molar-refractivity contribution is 0.842. The van der Waals surface area contributed by atoms with Crippen LogP contribution in [0.15, 0.2) is 205 Å². The summed E-state index contributed by atoms with van der Waals surface area (Å²) in [6.07, 6.45) is 0.842. The van der Waals surface area contributed by atoms with Gasteiger partial charge in [0.25, 0.3) is 0 Å². The molecule has 0 bridgehead atoms. The molecule has 1 aliphatic heterocycles. The highest BCUT2D eigenvalue weighted by atomic mass is 14.9. The highest BCUT2D eigenvalue weighted by molar-refractivity contribution is 6.07. The van der Waals surface area contributed by atoms with Gasteiger partial charge in [-0.25, -0.2) is 15.0 Å². The molecule has 0 radical (unpaired) electrons. The van der Waals surface area contributed by atoms with Gasteiger partial charge in [0.15, 0.2) is 5.82 Å². The zero-order valence-corrected chi connectivity index (χ0v) is 30.6. The van der Waals surface area contributed by atoms with Crippen molar-refractivity contribution in [2.75, 3.05) is 0 Å². The summed E-state index contributed by atoms with van der Waals surface area (Å²) in [6.45, 7) is 0. The fourth-order valence-corrected chi connectivity index (χ4v) is 7.79. The number of nitrogens with zero attached hydrogens (tertiary/aromatic N) is 4. The first kappa shape index (κ1) is 33.3. The molecule has 3 heterocycles. The van der Waals surface area contributed by atoms with Crippen LogP contribution in [0.25, 0.3) is 67.2 Å². The van der Waals surface area contributed by atoms with Gasteiger partial charge in [0.2, 0.25) is 0 Å². The Bertz CT molecular complexity index is 2790.